The molecule has 0 saturated carbocycles. The van der Waals surface area contributed by atoms with Crippen molar-refractivity contribution in [1.82, 2.24) is 25.1 Å². The molecule has 1 amide bonds. The zero-order valence-electron chi connectivity index (χ0n) is 27.0. The van der Waals surface area contributed by atoms with Gasteiger partial charge in [-0.1, -0.05) is 38.5 Å². The molecule has 0 aliphatic carbocycles. The highest BCUT2D eigenvalue weighted by Crippen LogP contribution is 2.33. The lowest BCUT2D eigenvalue weighted by Crippen LogP contribution is -2.67. The van der Waals surface area contributed by atoms with Gasteiger partial charge in [0.1, 0.15) is 11.3 Å². The Hall–Kier alpha value is -3.39. The van der Waals surface area contributed by atoms with E-state index in [4.69, 9.17) is 4.74 Å². The zero-order valence-corrected chi connectivity index (χ0v) is 27.0. The first-order valence-corrected chi connectivity index (χ1v) is 15.4. The number of amides is 1. The van der Waals surface area contributed by atoms with Gasteiger partial charge in [-0.15, -0.1) is 0 Å². The van der Waals surface area contributed by atoms with E-state index in [-0.39, 0.29) is 5.91 Å². The van der Waals surface area contributed by atoms with Crippen molar-refractivity contribution in [3.63, 3.8) is 0 Å². The fourth-order valence-corrected chi connectivity index (χ4v) is 5.84. The lowest BCUT2D eigenvalue weighted by atomic mass is 9.84. The van der Waals surface area contributed by atoms with Crippen LogP contribution in [0.3, 0.4) is 0 Å². The summed E-state index contributed by atoms with van der Waals surface area (Å²) >= 11 is 0. The number of carbonyl (C=O) groups is 1. The number of aromatic nitrogens is 2. The molecular formula is C34H50N6O2. The second-order valence-corrected chi connectivity index (χ2v) is 12.5. The highest BCUT2D eigenvalue weighted by atomic mass is 16.5. The Morgan fingerprint density at radius 1 is 1.12 bits per heavy atom. The van der Waals surface area contributed by atoms with Crippen LogP contribution in [0.2, 0.25) is 0 Å². The Morgan fingerprint density at radius 2 is 1.81 bits per heavy atom. The number of ether oxygens (including phenoxy) is 1. The fraction of sp³-hybridized carbons (Fsp3) is 0.559. The second kappa shape index (κ2) is 13.7. The first kappa shape index (κ1) is 31.5. The molecule has 4 rings (SSSR count). The number of allylic oxidation sites excluding steroid dienone is 1. The Morgan fingerprint density at radius 3 is 2.43 bits per heavy atom. The van der Waals surface area contributed by atoms with Gasteiger partial charge in [0.05, 0.1) is 6.61 Å². The van der Waals surface area contributed by atoms with E-state index in [1.165, 1.54) is 11.1 Å². The number of benzene rings is 1. The molecule has 1 aromatic heterocycles. The van der Waals surface area contributed by atoms with Crippen LogP contribution < -0.4 is 15.0 Å². The van der Waals surface area contributed by atoms with Crippen LogP contribution in [0.15, 0.2) is 47.7 Å². The standard InChI is InChI=1S/C34H50N6O2/c1-9-25(4)30(31(21-38(7)8)28-11-10-12-29(20-28)42-23-24(2)3)22-40-18-15-35-34(32(40)41)13-16-39(17-14-34)33-36-26(5)19-27(6)37-33/h10-12,19-21,24,35H,9,13-18,22-23H2,1-8H3. The average Bonchev–Trinajstić information content (AvgIpc) is 2.95. The molecule has 3 heterocycles. The summed E-state index contributed by atoms with van der Waals surface area (Å²) in [5, 5.41) is 3.64. The van der Waals surface area contributed by atoms with Crippen molar-refractivity contribution in [3.8, 4) is 5.75 Å². The number of carbonyl (C=O) groups excluding carboxylic acids is 1. The third kappa shape index (κ3) is 7.51. The summed E-state index contributed by atoms with van der Waals surface area (Å²) in [6, 6.07) is 10.4. The molecule has 2 aliphatic heterocycles. The lowest BCUT2D eigenvalue weighted by Gasteiger charge is -2.47. The third-order valence-corrected chi connectivity index (χ3v) is 8.25. The van der Waals surface area contributed by atoms with E-state index in [1.54, 1.807) is 0 Å². The summed E-state index contributed by atoms with van der Waals surface area (Å²) in [7, 11) is 4.10. The van der Waals surface area contributed by atoms with Crippen molar-refractivity contribution in [2.45, 2.75) is 66.3 Å². The maximum absolute atomic E-state index is 14.2. The molecule has 228 valence electrons. The Balaban J connectivity index is 1.57. The molecular weight excluding hydrogens is 524 g/mol. The van der Waals surface area contributed by atoms with E-state index in [9.17, 15) is 4.79 Å². The highest BCUT2D eigenvalue weighted by molar-refractivity contribution is 5.89. The molecule has 2 aromatic rings. The average molecular weight is 575 g/mol. The zero-order chi connectivity index (χ0) is 30.4. The van der Waals surface area contributed by atoms with Crippen LogP contribution in [-0.4, -0.2) is 84.6 Å². The van der Waals surface area contributed by atoms with Gasteiger partial charge >= 0.3 is 0 Å². The molecule has 0 radical (unpaired) electrons. The largest absolute Gasteiger partial charge is 0.493 e. The number of nitrogens with zero attached hydrogens (tertiary/aromatic N) is 5. The molecule has 42 heavy (non-hydrogen) atoms. The van der Waals surface area contributed by atoms with Crippen LogP contribution in [0.5, 0.6) is 5.75 Å². The number of anilines is 1. The molecule has 0 atom stereocenters. The van der Waals surface area contributed by atoms with E-state index >= 15 is 0 Å². The van der Waals surface area contributed by atoms with Crippen molar-refractivity contribution >= 4 is 17.4 Å². The molecule has 0 bridgehead atoms. The second-order valence-electron chi connectivity index (χ2n) is 12.5. The lowest BCUT2D eigenvalue weighted by molar-refractivity contribution is -0.142. The predicted molar refractivity (Wildman–Crippen MR) is 172 cm³/mol. The van der Waals surface area contributed by atoms with Gasteiger partial charge in [-0.2, -0.15) is 0 Å². The highest BCUT2D eigenvalue weighted by Gasteiger charge is 2.46. The predicted octanol–water partition coefficient (Wildman–Crippen LogP) is 5.23. The maximum atomic E-state index is 14.2. The van der Waals surface area contributed by atoms with Crippen molar-refractivity contribution in [3.05, 3.63) is 64.6 Å². The van der Waals surface area contributed by atoms with Gasteiger partial charge in [0.25, 0.3) is 0 Å². The maximum Gasteiger partial charge on any atom is 0.243 e. The van der Waals surface area contributed by atoms with Gasteiger partial charge in [0.2, 0.25) is 11.9 Å². The van der Waals surface area contributed by atoms with Crippen LogP contribution in [-0.2, 0) is 4.79 Å². The van der Waals surface area contributed by atoms with Crippen molar-refractivity contribution in [1.29, 1.82) is 0 Å². The van der Waals surface area contributed by atoms with E-state index in [0.29, 0.717) is 25.6 Å². The Labute approximate surface area is 252 Å². The van der Waals surface area contributed by atoms with Crippen molar-refractivity contribution < 1.29 is 9.53 Å². The van der Waals surface area contributed by atoms with Crippen molar-refractivity contribution in [2.75, 3.05) is 58.3 Å². The van der Waals surface area contributed by atoms with E-state index < -0.39 is 5.54 Å². The van der Waals surface area contributed by atoms with Crippen LogP contribution in [0, 0.1) is 19.8 Å². The van der Waals surface area contributed by atoms with Crippen LogP contribution in [0.4, 0.5) is 5.95 Å². The molecule has 0 unspecified atom stereocenters. The number of rotatable bonds is 10. The Bertz CT molecular complexity index is 1290. The molecule has 8 nitrogen and oxygen atoms in total. The first-order chi connectivity index (χ1) is 20.0. The minimum Gasteiger partial charge on any atom is -0.493 e. The number of piperidine rings is 1. The van der Waals surface area contributed by atoms with Crippen LogP contribution >= 0.6 is 0 Å². The SMILES string of the molecule is CCC(C)=C(CN1CCNC2(CCN(c3nc(C)cc(C)n3)CC2)C1=O)C(=CN(C)C)c1cccc(OCC(C)C)c1. The van der Waals surface area contributed by atoms with Crippen molar-refractivity contribution in [2.24, 2.45) is 5.92 Å². The summed E-state index contributed by atoms with van der Waals surface area (Å²) in [5.74, 6) is 2.30. The van der Waals surface area contributed by atoms with E-state index in [1.807, 2.05) is 26.0 Å². The first-order valence-electron chi connectivity index (χ1n) is 15.4. The molecule has 8 heteroatoms. The van der Waals surface area contributed by atoms with Crippen LogP contribution in [0.25, 0.3) is 5.57 Å². The van der Waals surface area contributed by atoms with Crippen LogP contribution in [0.1, 0.15) is 63.9 Å². The topological polar surface area (TPSA) is 73.8 Å². The van der Waals surface area contributed by atoms with Gasteiger partial charge in [-0.3, -0.25) is 4.79 Å². The monoisotopic (exact) mass is 574 g/mol. The summed E-state index contributed by atoms with van der Waals surface area (Å²) in [4.78, 5) is 29.9. The summed E-state index contributed by atoms with van der Waals surface area (Å²) in [6.07, 6.45) is 4.57. The van der Waals surface area contributed by atoms with Gasteiger partial charge in [0.15, 0.2) is 0 Å². The molecule has 1 spiro atoms. The molecule has 2 saturated heterocycles. The van der Waals surface area contributed by atoms with Gasteiger partial charge < -0.3 is 24.8 Å². The normalized spacial score (nSPS) is 18.0. The summed E-state index contributed by atoms with van der Waals surface area (Å²) in [6.45, 7) is 17.0. The van der Waals surface area contributed by atoms with Gasteiger partial charge in [0, 0.05) is 70.0 Å². The van der Waals surface area contributed by atoms with E-state index in [2.05, 4.69) is 96.2 Å². The smallest absolute Gasteiger partial charge is 0.243 e. The minimum absolute atomic E-state index is 0.203. The number of aryl methyl sites for hydroxylation is 2. The third-order valence-electron chi connectivity index (χ3n) is 8.25. The number of nitrogens with one attached hydrogen (secondary N) is 1. The number of hydrogen-bond acceptors (Lipinski definition) is 7. The number of hydrogen-bond donors (Lipinski definition) is 1. The van der Waals surface area contributed by atoms with E-state index in [0.717, 1.165) is 73.1 Å². The fourth-order valence-electron chi connectivity index (χ4n) is 5.84. The Kier molecular flexibility index (Phi) is 10.3. The molecule has 1 aromatic carbocycles. The summed E-state index contributed by atoms with van der Waals surface area (Å²) < 4.78 is 6.08. The molecule has 2 aliphatic rings. The number of piperazine rings is 1. The van der Waals surface area contributed by atoms with Gasteiger partial charge in [-0.05, 0) is 75.3 Å². The molecule has 2 fully saturated rings. The van der Waals surface area contributed by atoms with Gasteiger partial charge in [-0.25, -0.2) is 9.97 Å². The summed E-state index contributed by atoms with van der Waals surface area (Å²) in [5.41, 5.74) is 6.13. The minimum atomic E-state index is -0.547. The quantitative estimate of drug-likeness (QED) is 0.390. The molecule has 1 N–H and O–H groups in total.